The molecule has 0 saturated carbocycles. The van der Waals surface area contributed by atoms with Gasteiger partial charge < -0.3 is 0 Å². The van der Waals surface area contributed by atoms with Gasteiger partial charge in [0.1, 0.15) is 18.8 Å². The molecule has 0 unspecified atom stereocenters. The Morgan fingerprint density at radius 3 is 2.64 bits per heavy atom. The summed E-state index contributed by atoms with van der Waals surface area (Å²) in [6.45, 7) is -1.72. The summed E-state index contributed by atoms with van der Waals surface area (Å²) in [6, 6.07) is 1.26. The molecule has 0 aliphatic heterocycles. The van der Waals surface area contributed by atoms with E-state index in [1.54, 1.807) is 0 Å². The monoisotopic (exact) mass is 408 g/mol. The summed E-state index contributed by atoms with van der Waals surface area (Å²) in [4.78, 5) is 11.9. The highest BCUT2D eigenvalue weighted by atomic mass is 19.4. The number of nitrogens with zero attached hydrogens (tertiary/aromatic N) is 5. The van der Waals surface area contributed by atoms with Crippen LogP contribution in [0.15, 0.2) is 17.4 Å². The fourth-order valence-electron chi connectivity index (χ4n) is 2.93. The molecule has 1 amide bonds. The minimum Gasteiger partial charge on any atom is -0.271 e. The van der Waals surface area contributed by atoms with Crippen LogP contribution in [-0.2, 0) is 36.9 Å². The molecule has 1 aliphatic carbocycles. The predicted molar refractivity (Wildman–Crippen MR) is 83.3 cm³/mol. The number of nitrogens with one attached hydrogen (secondary N) is 1. The van der Waals surface area contributed by atoms with E-state index in [1.165, 1.54) is 6.07 Å². The van der Waals surface area contributed by atoms with Crippen molar-refractivity contribution in [2.45, 2.75) is 44.7 Å². The van der Waals surface area contributed by atoms with Gasteiger partial charge in [0.2, 0.25) is 0 Å². The average Bonchev–Trinajstić information content (AvgIpc) is 3.23. The maximum atomic E-state index is 13.0. The van der Waals surface area contributed by atoms with Crippen molar-refractivity contribution in [2.75, 3.05) is 0 Å². The first-order valence-corrected chi connectivity index (χ1v) is 8.11. The molecule has 0 saturated heterocycles. The maximum absolute atomic E-state index is 13.0. The van der Waals surface area contributed by atoms with Crippen molar-refractivity contribution in [3.05, 3.63) is 34.9 Å². The summed E-state index contributed by atoms with van der Waals surface area (Å²) in [5.74, 6) is -0.725. The molecule has 2 heterocycles. The Bertz CT molecular complexity index is 894. The Labute approximate surface area is 154 Å². The number of hydrazone groups is 1. The van der Waals surface area contributed by atoms with Crippen LogP contribution < -0.4 is 5.43 Å². The molecule has 0 bridgehead atoms. The van der Waals surface area contributed by atoms with Gasteiger partial charge >= 0.3 is 12.4 Å². The highest BCUT2D eigenvalue weighted by Crippen LogP contribution is 2.36. The summed E-state index contributed by atoms with van der Waals surface area (Å²) in [5.41, 5.74) is 1.67. The van der Waals surface area contributed by atoms with E-state index in [0.29, 0.717) is 23.2 Å². The van der Waals surface area contributed by atoms with Crippen molar-refractivity contribution in [2.24, 2.45) is 5.10 Å². The smallest absolute Gasteiger partial charge is 0.271 e. The van der Waals surface area contributed by atoms with Crippen molar-refractivity contribution in [3.63, 3.8) is 0 Å². The van der Waals surface area contributed by atoms with Gasteiger partial charge in [0.15, 0.2) is 5.69 Å². The lowest BCUT2D eigenvalue weighted by Crippen LogP contribution is -2.25. The van der Waals surface area contributed by atoms with Crippen LogP contribution >= 0.6 is 0 Å². The Balaban J connectivity index is 1.60. The molecule has 13 heteroatoms. The molecule has 2 aromatic heterocycles. The van der Waals surface area contributed by atoms with Gasteiger partial charge in [-0.05, 0) is 25.3 Å². The van der Waals surface area contributed by atoms with Crippen molar-refractivity contribution >= 4 is 12.1 Å². The van der Waals surface area contributed by atoms with Gasteiger partial charge in [-0.2, -0.15) is 41.6 Å². The minimum absolute atomic E-state index is 0.0730. The number of halogens is 6. The molecule has 0 spiro atoms. The Hall–Kier alpha value is -2.86. The van der Waals surface area contributed by atoms with Gasteiger partial charge in [0, 0.05) is 17.5 Å². The second-order valence-corrected chi connectivity index (χ2v) is 6.13. The molecule has 0 atom stereocenters. The molecule has 3 rings (SSSR count). The van der Waals surface area contributed by atoms with Crippen LogP contribution in [0.1, 0.15) is 29.1 Å². The molecule has 0 radical (unpaired) electrons. The standard InChI is InChI=1S/C15H14F6N6O/c16-14(17,18)8-26-5-4-9(24-26)6-22-23-12(28)7-27-11-3-1-2-10(11)13(25-27)15(19,20)21/h4-6H,1-3,7-8H2,(H,23,28)/b22-6-. The Kier molecular flexibility index (Phi) is 5.17. The summed E-state index contributed by atoms with van der Waals surface area (Å²) in [5, 5.41) is 10.7. The van der Waals surface area contributed by atoms with Gasteiger partial charge in [-0.15, -0.1) is 0 Å². The summed E-state index contributed by atoms with van der Waals surface area (Å²) >= 11 is 0. The number of fused-ring (bicyclic) bond motifs is 1. The number of hydrogen-bond acceptors (Lipinski definition) is 4. The van der Waals surface area contributed by atoms with Crippen LogP contribution in [-0.4, -0.2) is 37.9 Å². The van der Waals surface area contributed by atoms with E-state index in [4.69, 9.17) is 0 Å². The maximum Gasteiger partial charge on any atom is 0.435 e. The quantitative estimate of drug-likeness (QED) is 0.469. The molecule has 28 heavy (non-hydrogen) atoms. The number of amides is 1. The zero-order valence-electron chi connectivity index (χ0n) is 14.2. The highest BCUT2D eigenvalue weighted by molar-refractivity contribution is 5.80. The topological polar surface area (TPSA) is 77.1 Å². The summed E-state index contributed by atoms with van der Waals surface area (Å²) in [6.07, 6.45) is -5.69. The number of carbonyl (C=O) groups is 1. The van der Waals surface area contributed by atoms with Gasteiger partial charge in [-0.1, -0.05) is 0 Å². The third-order valence-corrected chi connectivity index (χ3v) is 3.96. The zero-order valence-corrected chi connectivity index (χ0v) is 14.2. The third kappa shape index (κ3) is 4.70. The minimum atomic E-state index is -4.59. The first-order chi connectivity index (χ1) is 13.0. The largest absolute Gasteiger partial charge is 0.435 e. The Morgan fingerprint density at radius 1 is 1.21 bits per heavy atom. The van der Waals surface area contributed by atoms with E-state index < -0.39 is 37.0 Å². The predicted octanol–water partition coefficient (Wildman–Crippen LogP) is 2.30. The van der Waals surface area contributed by atoms with Crippen LogP contribution in [0.2, 0.25) is 0 Å². The molecule has 1 N–H and O–H groups in total. The number of aromatic nitrogens is 4. The van der Waals surface area contributed by atoms with Gasteiger partial charge in [0.05, 0.1) is 6.21 Å². The van der Waals surface area contributed by atoms with Gasteiger partial charge in [-0.25, -0.2) is 5.43 Å². The molecular formula is C15H14F6N6O. The average molecular weight is 408 g/mol. The van der Waals surface area contributed by atoms with Gasteiger partial charge in [-0.3, -0.25) is 14.2 Å². The van der Waals surface area contributed by atoms with Gasteiger partial charge in [0.25, 0.3) is 5.91 Å². The lowest BCUT2D eigenvalue weighted by molar-refractivity contribution is -0.143. The second kappa shape index (κ2) is 7.28. The van der Waals surface area contributed by atoms with Crippen molar-refractivity contribution in [3.8, 4) is 0 Å². The number of rotatable bonds is 5. The fraction of sp³-hybridized carbons (Fsp3) is 0.467. The summed E-state index contributed by atoms with van der Waals surface area (Å²) in [7, 11) is 0. The number of carbonyl (C=O) groups excluding carboxylic acids is 1. The molecule has 0 aromatic carbocycles. The fourth-order valence-corrected chi connectivity index (χ4v) is 2.93. The first kappa shape index (κ1) is 19.9. The highest BCUT2D eigenvalue weighted by Gasteiger charge is 2.40. The molecule has 0 fully saturated rings. The van der Waals surface area contributed by atoms with Crippen molar-refractivity contribution < 1.29 is 31.1 Å². The van der Waals surface area contributed by atoms with E-state index in [0.717, 1.165) is 17.1 Å². The zero-order chi connectivity index (χ0) is 20.5. The molecule has 2 aromatic rings. The molecular weight excluding hydrogens is 394 g/mol. The van der Waals surface area contributed by atoms with Crippen LogP contribution in [0, 0.1) is 0 Å². The molecule has 7 nitrogen and oxygen atoms in total. The Morgan fingerprint density at radius 2 is 1.96 bits per heavy atom. The van der Waals surface area contributed by atoms with Crippen LogP contribution in [0.5, 0.6) is 0 Å². The lowest BCUT2D eigenvalue weighted by atomic mass is 10.2. The summed E-state index contributed by atoms with van der Waals surface area (Å²) < 4.78 is 77.5. The van der Waals surface area contributed by atoms with E-state index >= 15 is 0 Å². The third-order valence-electron chi connectivity index (χ3n) is 3.96. The lowest BCUT2D eigenvalue weighted by Gasteiger charge is -2.05. The van der Waals surface area contributed by atoms with E-state index in [-0.39, 0.29) is 17.7 Å². The first-order valence-electron chi connectivity index (χ1n) is 8.11. The normalized spacial score (nSPS) is 14.6. The van der Waals surface area contributed by atoms with Crippen LogP contribution in [0.25, 0.3) is 0 Å². The van der Waals surface area contributed by atoms with Crippen LogP contribution in [0.4, 0.5) is 26.3 Å². The molecule has 152 valence electrons. The number of hydrogen-bond donors (Lipinski definition) is 1. The van der Waals surface area contributed by atoms with Crippen molar-refractivity contribution in [1.29, 1.82) is 0 Å². The second-order valence-electron chi connectivity index (χ2n) is 6.13. The SMILES string of the molecule is O=C(Cn1nc(C(F)(F)F)c2c1CCC2)N/N=C\c1ccn(CC(F)(F)F)n1. The van der Waals surface area contributed by atoms with Crippen LogP contribution in [0.3, 0.4) is 0 Å². The number of alkyl halides is 6. The van der Waals surface area contributed by atoms with Crippen molar-refractivity contribution in [1.82, 2.24) is 25.0 Å². The van der Waals surface area contributed by atoms with E-state index in [2.05, 4.69) is 20.7 Å². The van der Waals surface area contributed by atoms with E-state index in [9.17, 15) is 31.1 Å². The molecule has 1 aliphatic rings. The van der Waals surface area contributed by atoms with E-state index in [1.807, 2.05) is 0 Å².